The standard InChI is InChI=1S/C13H19FN2O2S/c1-8(12(7-17)19-2)16-6-10-5-9(13(15)18)3-4-11(10)14/h3-5,8,12,16-17H,6-7H2,1-2H3,(H2,15,18). The Bertz CT molecular complexity index is 439. The van der Waals surface area contributed by atoms with Gasteiger partial charge in [-0.2, -0.15) is 11.8 Å². The smallest absolute Gasteiger partial charge is 0.248 e. The van der Waals surface area contributed by atoms with Crippen molar-refractivity contribution in [3.63, 3.8) is 0 Å². The maximum absolute atomic E-state index is 13.6. The summed E-state index contributed by atoms with van der Waals surface area (Å²) in [4.78, 5) is 11.0. The fourth-order valence-electron chi connectivity index (χ4n) is 1.70. The molecule has 4 N–H and O–H groups in total. The van der Waals surface area contributed by atoms with Gasteiger partial charge in [0.15, 0.2) is 0 Å². The van der Waals surface area contributed by atoms with E-state index in [1.54, 1.807) is 11.8 Å². The van der Waals surface area contributed by atoms with Crippen LogP contribution in [0.25, 0.3) is 0 Å². The molecule has 2 unspecified atom stereocenters. The van der Waals surface area contributed by atoms with Gasteiger partial charge in [-0.3, -0.25) is 4.79 Å². The van der Waals surface area contributed by atoms with Gasteiger partial charge in [-0.1, -0.05) is 0 Å². The number of aliphatic hydroxyl groups is 1. The highest BCUT2D eigenvalue weighted by atomic mass is 32.2. The highest BCUT2D eigenvalue weighted by Crippen LogP contribution is 2.13. The van der Waals surface area contributed by atoms with Crippen molar-refractivity contribution < 1.29 is 14.3 Å². The number of hydrogen-bond donors (Lipinski definition) is 3. The largest absolute Gasteiger partial charge is 0.395 e. The zero-order valence-corrected chi connectivity index (χ0v) is 11.8. The van der Waals surface area contributed by atoms with Crippen molar-refractivity contribution in [2.75, 3.05) is 12.9 Å². The number of halogens is 1. The maximum Gasteiger partial charge on any atom is 0.248 e. The van der Waals surface area contributed by atoms with Crippen LogP contribution in [0, 0.1) is 5.82 Å². The van der Waals surface area contributed by atoms with Crippen LogP contribution in [0.15, 0.2) is 18.2 Å². The summed E-state index contributed by atoms with van der Waals surface area (Å²) in [5.74, 6) is -0.957. The van der Waals surface area contributed by atoms with Gasteiger partial charge in [-0.05, 0) is 31.4 Å². The number of aliphatic hydroxyl groups excluding tert-OH is 1. The number of thioether (sulfide) groups is 1. The molecule has 0 fully saturated rings. The number of carbonyl (C=O) groups is 1. The predicted molar refractivity (Wildman–Crippen MR) is 75.6 cm³/mol. The van der Waals surface area contributed by atoms with Gasteiger partial charge in [-0.25, -0.2) is 4.39 Å². The maximum atomic E-state index is 13.6. The fraction of sp³-hybridized carbons (Fsp3) is 0.462. The molecule has 0 aromatic heterocycles. The molecule has 4 nitrogen and oxygen atoms in total. The van der Waals surface area contributed by atoms with Crippen LogP contribution in [0.5, 0.6) is 0 Å². The van der Waals surface area contributed by atoms with Crippen molar-refractivity contribution in [2.45, 2.75) is 24.8 Å². The first-order valence-electron chi connectivity index (χ1n) is 5.94. The van der Waals surface area contributed by atoms with Crippen LogP contribution < -0.4 is 11.1 Å². The fourth-order valence-corrected chi connectivity index (χ4v) is 2.36. The number of rotatable bonds is 7. The molecule has 0 heterocycles. The Morgan fingerprint density at radius 1 is 1.58 bits per heavy atom. The Morgan fingerprint density at radius 2 is 2.26 bits per heavy atom. The third-order valence-corrected chi connectivity index (χ3v) is 4.15. The highest BCUT2D eigenvalue weighted by molar-refractivity contribution is 7.99. The minimum Gasteiger partial charge on any atom is -0.395 e. The first-order chi connectivity index (χ1) is 8.99. The van der Waals surface area contributed by atoms with Crippen molar-refractivity contribution in [1.82, 2.24) is 5.32 Å². The lowest BCUT2D eigenvalue weighted by Crippen LogP contribution is -2.37. The quantitative estimate of drug-likeness (QED) is 0.702. The van der Waals surface area contributed by atoms with Crippen molar-refractivity contribution >= 4 is 17.7 Å². The molecule has 0 spiro atoms. The lowest BCUT2D eigenvalue weighted by atomic mass is 10.1. The van der Waals surface area contributed by atoms with E-state index < -0.39 is 5.91 Å². The summed E-state index contributed by atoms with van der Waals surface area (Å²) in [5.41, 5.74) is 5.84. The number of primary amides is 1. The van der Waals surface area contributed by atoms with Gasteiger partial charge < -0.3 is 16.2 Å². The molecule has 0 aliphatic carbocycles. The summed E-state index contributed by atoms with van der Waals surface area (Å²) in [5, 5.41) is 12.3. The van der Waals surface area contributed by atoms with Gasteiger partial charge in [0.1, 0.15) is 5.82 Å². The molecule has 0 aliphatic heterocycles. The number of amides is 1. The average molecular weight is 286 g/mol. The summed E-state index contributed by atoms with van der Waals surface area (Å²) in [6, 6.07) is 4.07. The first-order valence-corrected chi connectivity index (χ1v) is 7.23. The molecule has 0 bridgehead atoms. The van der Waals surface area contributed by atoms with E-state index in [0.717, 1.165) is 0 Å². The molecule has 0 aliphatic rings. The van der Waals surface area contributed by atoms with Crippen molar-refractivity contribution in [3.8, 4) is 0 Å². The Labute approximate surface area is 116 Å². The lowest BCUT2D eigenvalue weighted by Gasteiger charge is -2.21. The van der Waals surface area contributed by atoms with Crippen LogP contribution in [0.1, 0.15) is 22.8 Å². The molecule has 106 valence electrons. The zero-order valence-electron chi connectivity index (χ0n) is 11.0. The molecule has 2 atom stereocenters. The second kappa shape index (κ2) is 7.47. The summed E-state index contributed by atoms with van der Waals surface area (Å²) in [6.07, 6.45) is 1.91. The van der Waals surface area contributed by atoms with Gasteiger partial charge in [-0.15, -0.1) is 0 Å². The van der Waals surface area contributed by atoms with Crippen LogP contribution in [-0.2, 0) is 6.54 Å². The van der Waals surface area contributed by atoms with E-state index in [1.807, 2.05) is 13.2 Å². The van der Waals surface area contributed by atoms with E-state index in [-0.39, 0.29) is 35.8 Å². The monoisotopic (exact) mass is 286 g/mol. The van der Waals surface area contributed by atoms with Crippen LogP contribution in [0.3, 0.4) is 0 Å². The summed E-state index contributed by atoms with van der Waals surface area (Å²) in [7, 11) is 0. The Morgan fingerprint density at radius 3 is 2.79 bits per heavy atom. The average Bonchev–Trinajstić information content (AvgIpc) is 2.38. The third kappa shape index (κ3) is 4.49. The Hall–Kier alpha value is -1.11. The second-order valence-electron chi connectivity index (χ2n) is 4.30. The molecule has 19 heavy (non-hydrogen) atoms. The Balaban J connectivity index is 2.71. The van der Waals surface area contributed by atoms with Gasteiger partial charge in [0.25, 0.3) is 0 Å². The molecule has 1 amide bonds. The molecule has 0 saturated carbocycles. The van der Waals surface area contributed by atoms with Gasteiger partial charge in [0.05, 0.1) is 6.61 Å². The van der Waals surface area contributed by atoms with Crippen LogP contribution >= 0.6 is 11.8 Å². The van der Waals surface area contributed by atoms with E-state index in [0.29, 0.717) is 5.56 Å². The molecule has 0 saturated heterocycles. The normalized spacial score (nSPS) is 14.1. The minimum atomic E-state index is -0.577. The number of carbonyl (C=O) groups excluding carboxylic acids is 1. The molecule has 1 rings (SSSR count). The Kier molecular flexibility index (Phi) is 6.27. The number of benzene rings is 1. The van der Waals surface area contributed by atoms with E-state index in [1.165, 1.54) is 18.2 Å². The van der Waals surface area contributed by atoms with Gasteiger partial charge >= 0.3 is 0 Å². The molecule has 1 aromatic carbocycles. The SMILES string of the molecule is CSC(CO)C(C)NCc1cc(C(N)=O)ccc1F. The van der Waals surface area contributed by atoms with Gasteiger partial charge in [0, 0.05) is 29.0 Å². The zero-order chi connectivity index (χ0) is 14.4. The van der Waals surface area contributed by atoms with E-state index in [4.69, 9.17) is 10.8 Å². The van der Waals surface area contributed by atoms with E-state index in [2.05, 4.69) is 5.32 Å². The molecule has 0 radical (unpaired) electrons. The van der Waals surface area contributed by atoms with Gasteiger partial charge in [0.2, 0.25) is 5.91 Å². The van der Waals surface area contributed by atoms with E-state index in [9.17, 15) is 9.18 Å². The molecular weight excluding hydrogens is 267 g/mol. The number of nitrogens with two attached hydrogens (primary N) is 1. The van der Waals surface area contributed by atoms with Crippen LogP contribution in [0.2, 0.25) is 0 Å². The highest BCUT2D eigenvalue weighted by Gasteiger charge is 2.15. The van der Waals surface area contributed by atoms with Crippen LogP contribution in [0.4, 0.5) is 4.39 Å². The molecular formula is C13H19FN2O2S. The molecule has 6 heteroatoms. The van der Waals surface area contributed by atoms with Crippen molar-refractivity contribution in [3.05, 3.63) is 35.1 Å². The lowest BCUT2D eigenvalue weighted by molar-refractivity contribution is 0.1000. The second-order valence-corrected chi connectivity index (χ2v) is 5.37. The number of nitrogens with one attached hydrogen (secondary N) is 1. The third-order valence-electron chi connectivity index (χ3n) is 2.99. The molecule has 1 aromatic rings. The topological polar surface area (TPSA) is 75.3 Å². The summed E-state index contributed by atoms with van der Waals surface area (Å²) in [6.45, 7) is 2.26. The number of hydrogen-bond acceptors (Lipinski definition) is 4. The van der Waals surface area contributed by atoms with E-state index >= 15 is 0 Å². The summed E-state index contributed by atoms with van der Waals surface area (Å²) < 4.78 is 13.6. The predicted octanol–water partition coefficient (Wildman–Crippen LogP) is 1.13. The minimum absolute atomic E-state index is 0.0247. The first kappa shape index (κ1) is 15.9. The summed E-state index contributed by atoms with van der Waals surface area (Å²) >= 11 is 1.55. The van der Waals surface area contributed by atoms with Crippen LogP contribution in [-0.4, -0.2) is 35.2 Å². The van der Waals surface area contributed by atoms with Crippen molar-refractivity contribution in [1.29, 1.82) is 0 Å². The van der Waals surface area contributed by atoms with Crippen molar-refractivity contribution in [2.24, 2.45) is 5.73 Å².